The van der Waals surface area contributed by atoms with Gasteiger partial charge in [0.15, 0.2) is 5.82 Å². The maximum atomic E-state index is 4.58. The first kappa shape index (κ1) is 9.54. The Morgan fingerprint density at radius 1 is 1.44 bits per heavy atom. The van der Waals surface area contributed by atoms with E-state index in [1.165, 1.54) is 5.39 Å². The summed E-state index contributed by atoms with van der Waals surface area (Å²) < 4.78 is 1.90. The lowest BCUT2D eigenvalue weighted by atomic mass is 10.2. The highest BCUT2D eigenvalue weighted by Crippen LogP contribution is 2.26. The average Bonchev–Trinajstić information content (AvgIpc) is 2.91. The van der Waals surface area contributed by atoms with Gasteiger partial charge in [-0.05, 0) is 24.6 Å². The van der Waals surface area contributed by atoms with Crippen LogP contribution in [-0.4, -0.2) is 14.8 Å². The summed E-state index contributed by atoms with van der Waals surface area (Å²) in [5.41, 5.74) is 1.11. The zero-order valence-electron chi connectivity index (χ0n) is 8.84. The molecule has 16 heavy (non-hydrogen) atoms. The number of fused-ring (bicyclic) bond motifs is 1. The van der Waals surface area contributed by atoms with Crippen molar-refractivity contribution in [2.24, 2.45) is 0 Å². The van der Waals surface area contributed by atoms with Gasteiger partial charge in [-0.2, -0.15) is 5.10 Å². The minimum Gasteiger partial charge on any atom is -0.237 e. The molecule has 0 aliphatic carbocycles. The molecule has 0 saturated carbocycles. The summed E-state index contributed by atoms with van der Waals surface area (Å²) >= 11 is 1.58. The highest BCUT2D eigenvalue weighted by molar-refractivity contribution is 7.16. The minimum atomic E-state index is 0.864. The molecule has 3 rings (SSSR count). The summed E-state index contributed by atoms with van der Waals surface area (Å²) in [7, 11) is 0. The lowest BCUT2D eigenvalue weighted by Crippen LogP contribution is -1.98. The van der Waals surface area contributed by atoms with Crippen molar-refractivity contribution in [1.82, 2.24) is 14.8 Å². The van der Waals surface area contributed by atoms with Crippen molar-refractivity contribution >= 4 is 21.6 Å². The minimum absolute atomic E-state index is 0.864. The molecule has 0 unspecified atom stereocenters. The smallest absolute Gasteiger partial charge is 0.154 e. The van der Waals surface area contributed by atoms with E-state index in [0.29, 0.717) is 0 Å². The highest BCUT2D eigenvalue weighted by atomic mass is 32.1. The zero-order valence-corrected chi connectivity index (χ0v) is 9.66. The van der Waals surface area contributed by atoms with E-state index in [4.69, 9.17) is 0 Å². The molecule has 0 atom stereocenters. The van der Waals surface area contributed by atoms with E-state index in [1.54, 1.807) is 17.5 Å². The van der Waals surface area contributed by atoms with Crippen LogP contribution in [0.25, 0.3) is 16.0 Å². The molecule has 0 saturated heterocycles. The SMILES string of the molecule is CCc1nn(-c2ccccn2)c2s[c]cc12. The fourth-order valence-corrected chi connectivity index (χ4v) is 2.54. The van der Waals surface area contributed by atoms with E-state index < -0.39 is 0 Å². The normalized spacial score (nSPS) is 11.1. The van der Waals surface area contributed by atoms with Crippen molar-refractivity contribution in [1.29, 1.82) is 0 Å². The molecule has 0 spiro atoms. The Morgan fingerprint density at radius 3 is 3.12 bits per heavy atom. The zero-order chi connectivity index (χ0) is 11.0. The van der Waals surface area contributed by atoms with Crippen LogP contribution in [0.1, 0.15) is 12.6 Å². The van der Waals surface area contributed by atoms with E-state index in [0.717, 1.165) is 22.8 Å². The highest BCUT2D eigenvalue weighted by Gasteiger charge is 2.11. The Labute approximate surface area is 97.4 Å². The van der Waals surface area contributed by atoms with Gasteiger partial charge < -0.3 is 0 Å². The molecule has 1 radical (unpaired) electrons. The molecule has 3 nitrogen and oxygen atoms in total. The number of aromatic nitrogens is 3. The molecule has 4 heteroatoms. The summed E-state index contributed by atoms with van der Waals surface area (Å²) in [5.74, 6) is 0.864. The Balaban J connectivity index is 2.28. The van der Waals surface area contributed by atoms with Crippen LogP contribution in [0, 0.1) is 5.38 Å². The molecule has 0 N–H and O–H groups in total. The van der Waals surface area contributed by atoms with Crippen molar-refractivity contribution in [3.63, 3.8) is 0 Å². The second-order valence-corrected chi connectivity index (χ2v) is 4.31. The number of nitrogens with zero attached hydrogens (tertiary/aromatic N) is 3. The molecule has 0 aliphatic heterocycles. The van der Waals surface area contributed by atoms with Gasteiger partial charge in [0.2, 0.25) is 0 Å². The Kier molecular flexibility index (Phi) is 2.22. The third-order valence-electron chi connectivity index (χ3n) is 2.51. The quantitative estimate of drug-likeness (QED) is 0.675. The van der Waals surface area contributed by atoms with E-state index >= 15 is 0 Å². The molecule has 0 bridgehead atoms. The molecule has 0 aromatic carbocycles. The molecule has 0 amide bonds. The summed E-state index contributed by atoms with van der Waals surface area (Å²) in [6.45, 7) is 2.11. The lowest BCUT2D eigenvalue weighted by Gasteiger charge is -1.99. The molecular weight excluding hydrogens is 218 g/mol. The first-order valence-electron chi connectivity index (χ1n) is 5.19. The topological polar surface area (TPSA) is 30.7 Å². The number of hydrogen-bond donors (Lipinski definition) is 0. The summed E-state index contributed by atoms with van der Waals surface area (Å²) in [6.07, 6.45) is 2.71. The van der Waals surface area contributed by atoms with Crippen molar-refractivity contribution in [3.8, 4) is 5.82 Å². The van der Waals surface area contributed by atoms with Crippen LogP contribution >= 0.6 is 11.3 Å². The Hall–Kier alpha value is -1.68. The fourth-order valence-electron chi connectivity index (χ4n) is 1.74. The van der Waals surface area contributed by atoms with Gasteiger partial charge in [0.25, 0.3) is 0 Å². The Bertz CT molecular complexity index is 610. The molecule has 3 aromatic heterocycles. The molecule has 3 heterocycles. The predicted molar refractivity (Wildman–Crippen MR) is 65.0 cm³/mol. The van der Waals surface area contributed by atoms with Crippen molar-refractivity contribution < 1.29 is 0 Å². The van der Waals surface area contributed by atoms with Crippen molar-refractivity contribution in [2.75, 3.05) is 0 Å². The number of rotatable bonds is 2. The first-order valence-corrected chi connectivity index (χ1v) is 6.00. The number of aryl methyl sites for hydroxylation is 1. The van der Waals surface area contributed by atoms with Gasteiger partial charge in [0.05, 0.1) is 5.69 Å². The monoisotopic (exact) mass is 228 g/mol. The van der Waals surface area contributed by atoms with Crippen molar-refractivity contribution in [2.45, 2.75) is 13.3 Å². The van der Waals surface area contributed by atoms with Gasteiger partial charge in [-0.1, -0.05) is 13.0 Å². The number of hydrogen-bond acceptors (Lipinski definition) is 3. The van der Waals surface area contributed by atoms with Crippen LogP contribution in [0.5, 0.6) is 0 Å². The first-order chi connectivity index (χ1) is 7.90. The summed E-state index contributed by atoms with van der Waals surface area (Å²) in [5, 5.41) is 8.93. The third-order valence-corrected chi connectivity index (χ3v) is 3.34. The van der Waals surface area contributed by atoms with Gasteiger partial charge >= 0.3 is 0 Å². The predicted octanol–water partition coefficient (Wildman–Crippen LogP) is 2.84. The molecule has 0 aliphatic rings. The van der Waals surface area contributed by atoms with Crippen LogP contribution in [-0.2, 0) is 6.42 Å². The third kappa shape index (κ3) is 1.34. The number of pyridine rings is 1. The second-order valence-electron chi connectivity index (χ2n) is 3.48. The van der Waals surface area contributed by atoms with Gasteiger partial charge in [-0.3, -0.25) is 0 Å². The fraction of sp³-hybridized carbons (Fsp3) is 0.167. The second kappa shape index (κ2) is 3.72. The van der Waals surface area contributed by atoms with E-state index in [2.05, 4.69) is 22.4 Å². The largest absolute Gasteiger partial charge is 0.237 e. The van der Waals surface area contributed by atoms with E-state index in [1.807, 2.05) is 28.9 Å². The van der Waals surface area contributed by atoms with Crippen LogP contribution in [0.3, 0.4) is 0 Å². The van der Waals surface area contributed by atoms with Crippen LogP contribution < -0.4 is 0 Å². The van der Waals surface area contributed by atoms with Gasteiger partial charge in [-0.15, -0.1) is 11.3 Å². The van der Waals surface area contributed by atoms with E-state index in [9.17, 15) is 0 Å². The molecule has 79 valence electrons. The lowest BCUT2D eigenvalue weighted by molar-refractivity contribution is 0.841. The Morgan fingerprint density at radius 2 is 2.38 bits per heavy atom. The van der Waals surface area contributed by atoms with Gasteiger partial charge in [0, 0.05) is 17.0 Å². The molecule has 3 aromatic rings. The van der Waals surface area contributed by atoms with Crippen molar-refractivity contribution in [3.05, 3.63) is 41.5 Å². The van der Waals surface area contributed by atoms with Crippen LogP contribution in [0.15, 0.2) is 30.5 Å². The summed E-state index contributed by atoms with van der Waals surface area (Å²) in [4.78, 5) is 5.44. The molecule has 0 fully saturated rings. The summed E-state index contributed by atoms with van der Waals surface area (Å²) in [6, 6.07) is 7.85. The maximum absolute atomic E-state index is 4.58. The van der Waals surface area contributed by atoms with Crippen LogP contribution in [0.2, 0.25) is 0 Å². The maximum Gasteiger partial charge on any atom is 0.154 e. The van der Waals surface area contributed by atoms with E-state index in [-0.39, 0.29) is 0 Å². The molecular formula is C12H10N3S. The van der Waals surface area contributed by atoms with Gasteiger partial charge in [0.1, 0.15) is 4.83 Å². The average molecular weight is 228 g/mol. The van der Waals surface area contributed by atoms with Crippen LogP contribution in [0.4, 0.5) is 0 Å². The van der Waals surface area contributed by atoms with Gasteiger partial charge in [-0.25, -0.2) is 9.67 Å². The standard InChI is InChI=1S/C12H10N3S/c1-2-10-9-6-8-16-12(9)15(14-10)11-5-3-4-7-13-11/h3-7H,2H2,1H3. The number of thiophene rings is 1.